The molecule has 0 spiro atoms. The number of benzene rings is 1. The molecule has 0 N–H and O–H groups in total. The van der Waals surface area contributed by atoms with Gasteiger partial charge in [0.15, 0.2) is 23.1 Å². The van der Waals surface area contributed by atoms with E-state index < -0.39 is 5.92 Å². The zero-order valence-corrected chi connectivity index (χ0v) is 35.4. The Morgan fingerprint density at radius 2 is 1.35 bits per heavy atom. The lowest BCUT2D eigenvalue weighted by Crippen LogP contribution is -2.41. The topological polar surface area (TPSA) is 64.8 Å². The fourth-order valence-corrected chi connectivity index (χ4v) is 11.5. The summed E-state index contributed by atoms with van der Waals surface area (Å²) in [4.78, 5) is 27.5. The Kier molecular flexibility index (Phi) is 10.6. The first-order valence-electron chi connectivity index (χ1n) is 11.8. The van der Waals surface area contributed by atoms with Crippen LogP contribution >= 0.6 is 136 Å². The molecule has 0 bridgehead atoms. The average Bonchev–Trinajstić information content (AvgIpc) is 2.88. The highest BCUT2D eigenvalue weighted by atomic mass is 127. The van der Waals surface area contributed by atoms with Crippen LogP contribution in [0.3, 0.4) is 0 Å². The Morgan fingerprint density at radius 1 is 0.825 bits per heavy atom. The van der Waals surface area contributed by atoms with Gasteiger partial charge in [-0.3, -0.25) is 9.59 Å². The molecule has 0 amide bonds. The first-order valence-corrected chi connectivity index (χ1v) is 18.3. The van der Waals surface area contributed by atoms with Gasteiger partial charge in [-0.1, -0.05) is 26.8 Å². The predicted octanol–water partition coefficient (Wildman–Crippen LogP) is 8.57. The highest BCUT2D eigenvalue weighted by Gasteiger charge is 2.48. The molecule has 6 nitrogen and oxygen atoms in total. The van der Waals surface area contributed by atoms with Crippen LogP contribution in [0.4, 0.5) is 0 Å². The molecule has 12 heteroatoms. The van der Waals surface area contributed by atoms with Crippen molar-refractivity contribution < 1.29 is 28.4 Å². The molecule has 1 heterocycles. The summed E-state index contributed by atoms with van der Waals surface area (Å²) in [6.07, 6.45) is 3.69. The van der Waals surface area contributed by atoms with Gasteiger partial charge in [-0.15, -0.1) is 0 Å². The molecule has 1 fully saturated rings. The maximum absolute atomic E-state index is 13.7. The molecule has 1 aromatic rings. The number of ether oxygens (including phenoxy) is 3. The van der Waals surface area contributed by atoms with E-state index in [4.69, 9.17) is 14.2 Å². The van der Waals surface area contributed by atoms with E-state index >= 15 is 0 Å². The Hall–Kier alpha value is 0.710. The summed E-state index contributed by atoms with van der Waals surface area (Å²) in [5, 5.41) is 0. The second-order valence-electron chi connectivity index (χ2n) is 10.3. The molecule has 1 saturated carbocycles. The van der Waals surface area contributed by atoms with Crippen LogP contribution in [-0.4, -0.2) is 50.2 Å². The van der Waals surface area contributed by atoms with Gasteiger partial charge in [-0.05, 0) is 147 Å². The molecule has 40 heavy (non-hydrogen) atoms. The molecule has 0 atom stereocenters. The van der Waals surface area contributed by atoms with Crippen LogP contribution in [0.2, 0.25) is 0 Å². The van der Waals surface area contributed by atoms with E-state index in [1.165, 1.54) is 0 Å². The molecule has 0 radical (unpaired) electrons. The third-order valence-corrected chi connectivity index (χ3v) is 14.8. The maximum atomic E-state index is 13.7. The third-order valence-electron chi connectivity index (χ3n) is 6.53. The standard InChI is InChI=1S/C28H24I6NO5/c1-28(2,3)12-9-10(13-25(38-6)20(33)27(39-7)21(34)26(13)40-12)8-11-23(36)15(24(11)37)14-16(29)18(31)22(35(4)5)19(32)17(14)30/h8-9,11H,1-7H3/q+1/b10-8+. The summed E-state index contributed by atoms with van der Waals surface area (Å²) >= 11 is 13.5. The van der Waals surface area contributed by atoms with Gasteiger partial charge in [0.25, 0.3) is 0 Å². The van der Waals surface area contributed by atoms with Crippen molar-refractivity contribution in [2.75, 3.05) is 28.3 Å². The fourth-order valence-electron chi connectivity index (χ4n) is 4.49. The molecule has 2 aliphatic carbocycles. The number of carbonyl (C=O) groups is 2. The first-order chi connectivity index (χ1) is 18.6. The predicted molar refractivity (Wildman–Crippen MR) is 209 cm³/mol. The van der Waals surface area contributed by atoms with Crippen LogP contribution in [0.5, 0.6) is 17.2 Å². The van der Waals surface area contributed by atoms with Crippen molar-refractivity contribution in [1.29, 1.82) is 0 Å². The number of rotatable bonds is 3. The highest BCUT2D eigenvalue weighted by Crippen LogP contribution is 2.53. The number of ketones is 2. The van der Waals surface area contributed by atoms with Gasteiger partial charge in [0.1, 0.15) is 31.5 Å². The number of halogens is 6. The Bertz CT molecular complexity index is 1530. The van der Waals surface area contributed by atoms with Gasteiger partial charge < -0.3 is 14.2 Å². The van der Waals surface area contributed by atoms with Crippen molar-refractivity contribution in [3.8, 4) is 17.2 Å². The van der Waals surface area contributed by atoms with Crippen molar-refractivity contribution in [3.63, 3.8) is 0 Å². The lowest BCUT2D eigenvalue weighted by Gasteiger charge is -2.32. The first kappa shape index (κ1) is 33.6. The van der Waals surface area contributed by atoms with Gasteiger partial charge in [-0.2, -0.15) is 0 Å². The van der Waals surface area contributed by atoms with Crippen LogP contribution < -0.4 is 14.2 Å². The van der Waals surface area contributed by atoms with E-state index in [0.717, 1.165) is 44.1 Å². The van der Waals surface area contributed by atoms with E-state index in [9.17, 15) is 9.59 Å². The molecule has 0 saturated heterocycles. The second-order valence-corrected chi connectivity index (χ2v) is 16.8. The fraction of sp³-hybridized carbons (Fsp3) is 0.321. The quantitative estimate of drug-likeness (QED) is 0.0999. The minimum atomic E-state index is -0.883. The molecule has 212 valence electrons. The normalized spacial score (nSPS) is 20.5. The maximum Gasteiger partial charge on any atom is 0.228 e. The van der Waals surface area contributed by atoms with E-state index in [-0.39, 0.29) is 22.6 Å². The van der Waals surface area contributed by atoms with E-state index in [2.05, 4.69) is 161 Å². The Balaban J connectivity index is 1.92. The van der Waals surface area contributed by atoms with Gasteiger partial charge in [0, 0.05) is 18.1 Å². The van der Waals surface area contributed by atoms with Crippen LogP contribution in [0.1, 0.15) is 26.3 Å². The van der Waals surface area contributed by atoms with Crippen LogP contribution in [-0.2, 0) is 9.59 Å². The van der Waals surface area contributed by atoms with Crippen LogP contribution in [0.15, 0.2) is 43.4 Å². The average molecular weight is 1220 g/mol. The van der Waals surface area contributed by atoms with Gasteiger partial charge in [0.2, 0.25) is 5.71 Å². The smallest absolute Gasteiger partial charge is 0.228 e. The number of nitrogens with zero attached hydrogens (tertiary/aromatic N) is 1. The van der Waals surface area contributed by atoms with Gasteiger partial charge >= 0.3 is 0 Å². The molecule has 4 rings (SSSR count). The van der Waals surface area contributed by atoms with Crippen molar-refractivity contribution in [1.82, 2.24) is 0 Å². The zero-order chi connectivity index (χ0) is 30.0. The summed E-state index contributed by atoms with van der Waals surface area (Å²) in [6, 6.07) is 0. The highest BCUT2D eigenvalue weighted by molar-refractivity contribution is 14.1. The Labute approximate surface area is 315 Å². The number of allylic oxidation sites excluding steroid dienone is 10. The number of Topliss-reactive ketones (excluding diaryl/α,β-unsaturated/α-hetero) is 2. The number of hydrogen-bond donors (Lipinski definition) is 0. The summed E-state index contributed by atoms with van der Waals surface area (Å²) < 4.78 is 25.5. The zero-order valence-electron chi connectivity index (χ0n) is 22.5. The lowest BCUT2D eigenvalue weighted by atomic mass is 9.72. The summed E-state index contributed by atoms with van der Waals surface area (Å²) in [5.41, 5.74) is 3.21. The molecule has 0 unspecified atom stereocenters. The van der Waals surface area contributed by atoms with E-state index in [0.29, 0.717) is 22.8 Å². The molecular weight excluding hydrogens is 1190 g/mol. The van der Waals surface area contributed by atoms with E-state index in [1.807, 2.05) is 20.2 Å². The largest absolute Gasteiger partial charge is 0.495 e. The van der Waals surface area contributed by atoms with Gasteiger partial charge in [0.05, 0.1) is 39.7 Å². The SMILES string of the molecule is COc1c(I)c(OC)c2c(c1I)OC(C(C)(C)C)=C/C2=C\C1C(=O)C(=C2C(I)=C(I)C(=[N+](C)C)C(I)=C2I)C1=O. The van der Waals surface area contributed by atoms with Crippen molar-refractivity contribution >= 4 is 158 Å². The summed E-state index contributed by atoms with van der Waals surface area (Å²) in [5.74, 6) is 1.34. The minimum absolute atomic E-state index is 0.173. The monoisotopic (exact) mass is 1220 g/mol. The lowest BCUT2D eigenvalue weighted by molar-refractivity contribution is -0.462. The van der Waals surface area contributed by atoms with E-state index in [1.54, 1.807) is 20.3 Å². The Morgan fingerprint density at radius 3 is 1.80 bits per heavy atom. The minimum Gasteiger partial charge on any atom is -0.495 e. The summed E-state index contributed by atoms with van der Waals surface area (Å²) in [7, 11) is 7.21. The van der Waals surface area contributed by atoms with Crippen LogP contribution in [0, 0.1) is 18.5 Å². The molecule has 3 aliphatic rings. The number of fused-ring (bicyclic) bond motifs is 1. The molecule has 1 aliphatic heterocycles. The molecular formula is C28H24I6NO5+. The number of methoxy groups -OCH3 is 2. The van der Waals surface area contributed by atoms with Crippen molar-refractivity contribution in [3.05, 3.63) is 56.1 Å². The summed E-state index contributed by atoms with van der Waals surface area (Å²) in [6.45, 7) is 6.18. The third kappa shape index (κ3) is 5.65. The van der Waals surface area contributed by atoms with Gasteiger partial charge in [-0.25, -0.2) is 4.58 Å². The van der Waals surface area contributed by atoms with Crippen LogP contribution in [0.25, 0.3) is 5.57 Å². The number of hydrogen-bond acceptors (Lipinski definition) is 5. The van der Waals surface area contributed by atoms with Crippen molar-refractivity contribution in [2.24, 2.45) is 11.3 Å². The number of carbonyl (C=O) groups excluding carboxylic acids is 2. The second kappa shape index (κ2) is 12.6. The molecule has 0 aromatic heterocycles. The molecule has 1 aromatic carbocycles. The van der Waals surface area contributed by atoms with Crippen molar-refractivity contribution in [2.45, 2.75) is 20.8 Å².